The smallest absolute Gasteiger partial charge is 0.870 e. The Morgan fingerprint density at radius 1 is 0.696 bits per heavy atom. The first-order valence-corrected chi connectivity index (χ1v) is 15.3. The average molecular weight is 719 g/mol. The molecule has 0 aliphatic heterocycles. The summed E-state index contributed by atoms with van der Waals surface area (Å²) in [7, 11) is -15.4. The second-order valence-corrected chi connectivity index (χ2v) is 12.5. The van der Waals surface area contributed by atoms with E-state index in [2.05, 4.69) is 20.5 Å². The van der Waals surface area contributed by atoms with Gasteiger partial charge < -0.3 is 19.9 Å². The molecule has 0 unspecified atom stereocenters. The number of hydrogen-bond donors (Lipinski definition) is 2. The molecule has 0 saturated carbocycles. The number of non-ortho nitro benzene ring substituents is 1. The van der Waals surface area contributed by atoms with Gasteiger partial charge in [0.2, 0.25) is 0 Å². The zero-order valence-electron chi connectivity index (χ0n) is 23.7. The third-order valence-corrected chi connectivity index (χ3v) is 8.13. The predicted octanol–water partition coefficient (Wildman–Crippen LogP) is -5.70. The number of anilines is 1. The van der Waals surface area contributed by atoms with E-state index in [4.69, 9.17) is 5.73 Å². The van der Waals surface area contributed by atoms with Crippen molar-refractivity contribution in [2.24, 2.45) is 20.5 Å². The number of nitrogens with two attached hydrogens (primary N) is 1. The van der Waals surface area contributed by atoms with Crippen molar-refractivity contribution in [1.29, 1.82) is 0 Å². The van der Waals surface area contributed by atoms with Crippen LogP contribution in [0.2, 0.25) is 0 Å². The van der Waals surface area contributed by atoms with Gasteiger partial charge in [-0.05, 0) is 53.9 Å². The van der Waals surface area contributed by atoms with Gasteiger partial charge in [-0.2, -0.15) is 18.6 Å². The minimum atomic E-state index is -5.40. The Morgan fingerprint density at radius 3 is 1.59 bits per heavy atom. The first kappa shape index (κ1) is 42.1. The van der Waals surface area contributed by atoms with Crippen molar-refractivity contribution in [3.8, 4) is 5.75 Å². The van der Waals surface area contributed by atoms with Crippen molar-refractivity contribution in [2.75, 3.05) is 5.73 Å². The van der Waals surface area contributed by atoms with E-state index >= 15 is 0 Å². The molecular formula is C22H13N6Na3O12S3. The summed E-state index contributed by atoms with van der Waals surface area (Å²) in [4.78, 5) is 7.26. The van der Waals surface area contributed by atoms with E-state index in [9.17, 15) is 54.1 Å². The van der Waals surface area contributed by atoms with Gasteiger partial charge in [-0.25, -0.2) is 16.8 Å². The number of rotatable bonds is 8. The van der Waals surface area contributed by atoms with Crippen LogP contribution in [0.5, 0.6) is 5.75 Å². The van der Waals surface area contributed by atoms with Crippen LogP contribution >= 0.6 is 0 Å². The topological polar surface area (TPSA) is 310 Å². The quantitative estimate of drug-likeness (QED) is 0.0429. The summed E-state index contributed by atoms with van der Waals surface area (Å²) in [6, 6.07) is 9.31. The van der Waals surface area contributed by atoms with Crippen molar-refractivity contribution < 1.29 is 138 Å². The van der Waals surface area contributed by atoms with Gasteiger partial charge in [-0.1, -0.05) is 5.75 Å². The zero-order chi connectivity index (χ0) is 31.9. The first-order chi connectivity index (χ1) is 19.9. The summed E-state index contributed by atoms with van der Waals surface area (Å²) in [5.74, 6) is -1.31. The Balaban J connectivity index is 0.00000353. The number of nitro groups is 1. The van der Waals surface area contributed by atoms with E-state index in [-0.39, 0.29) is 106 Å². The molecule has 0 spiro atoms. The Hall–Kier alpha value is -1.93. The van der Waals surface area contributed by atoms with E-state index < -0.39 is 83.5 Å². The number of benzene rings is 4. The van der Waals surface area contributed by atoms with Crippen LogP contribution < -0.4 is 99.5 Å². The van der Waals surface area contributed by atoms with Gasteiger partial charge in [0.1, 0.15) is 30.8 Å². The number of fused-ring (bicyclic) bond motifs is 1. The molecule has 24 heteroatoms. The standard InChI is InChI=1S/C22H16N6O12S3.3Na/c23-19-18-11(9-16(42(35,36)37)20(19)26-24-12-1-5-14(6-2-12)28(30)31)10-17(43(38,39)40)21(22(18)29)27-25-13-3-7-15(8-4-13)41(32,33)34;;;/h1-10,29H,23H2,(H,32,33,34)(H,35,36,37)(H,38,39,40);;;/q;3*+1/p-3. The minimum absolute atomic E-state index is 0. The molecule has 224 valence electrons. The summed E-state index contributed by atoms with van der Waals surface area (Å²) >= 11 is 0. The van der Waals surface area contributed by atoms with Crippen LogP contribution in [-0.4, -0.2) is 43.8 Å². The molecule has 0 fully saturated rings. The Kier molecular flexibility index (Phi) is 14.6. The van der Waals surface area contributed by atoms with Gasteiger partial charge in [0.25, 0.3) is 15.8 Å². The van der Waals surface area contributed by atoms with E-state index in [0.29, 0.717) is 12.1 Å². The molecule has 0 bridgehead atoms. The van der Waals surface area contributed by atoms with E-state index in [1.165, 1.54) is 0 Å². The Bertz CT molecular complexity index is 2200. The predicted molar refractivity (Wildman–Crippen MR) is 141 cm³/mol. The summed E-state index contributed by atoms with van der Waals surface area (Å²) in [5, 5.41) is 37.7. The van der Waals surface area contributed by atoms with E-state index in [1.54, 1.807) is 0 Å². The van der Waals surface area contributed by atoms with Crippen LogP contribution in [-0.2, 0) is 30.4 Å². The van der Waals surface area contributed by atoms with Crippen LogP contribution in [0.15, 0.2) is 95.8 Å². The zero-order valence-corrected chi connectivity index (χ0v) is 32.2. The maximum atomic E-state index is 13.4. The molecule has 0 heterocycles. The van der Waals surface area contributed by atoms with Gasteiger partial charge >= 0.3 is 88.7 Å². The largest absolute Gasteiger partial charge is 1.00 e. The van der Waals surface area contributed by atoms with E-state index in [1.807, 2.05) is 0 Å². The van der Waals surface area contributed by atoms with Crippen molar-refractivity contribution in [3.63, 3.8) is 0 Å². The summed E-state index contributed by atoms with van der Waals surface area (Å²) < 4.78 is 103. The SMILES string of the molecule is Nc1c(N=Nc2ccc([N+](=O)[O-])cc2)c(S(=O)(=O)[O-])cc2cc(S(=O)(=O)O)c(N=Nc3ccc(S(=O)(=O)[O-])cc3)c([O-])c12.[Na+].[Na+].[Na+]. The molecule has 0 aliphatic carbocycles. The molecule has 0 atom stereocenters. The van der Waals surface area contributed by atoms with Gasteiger partial charge in [0, 0.05) is 17.5 Å². The molecule has 46 heavy (non-hydrogen) atoms. The van der Waals surface area contributed by atoms with Gasteiger partial charge in [0.05, 0.1) is 37.5 Å². The molecule has 3 N–H and O–H groups in total. The molecule has 18 nitrogen and oxygen atoms in total. The van der Waals surface area contributed by atoms with Crippen molar-refractivity contribution in [2.45, 2.75) is 14.7 Å². The Morgan fingerprint density at radius 2 is 1.15 bits per heavy atom. The van der Waals surface area contributed by atoms with Crippen molar-refractivity contribution in [3.05, 3.63) is 70.8 Å². The molecule has 0 amide bonds. The van der Waals surface area contributed by atoms with Crippen LogP contribution in [0.1, 0.15) is 0 Å². The third kappa shape index (κ3) is 9.58. The van der Waals surface area contributed by atoms with Crippen molar-refractivity contribution >= 4 is 75.3 Å². The summed E-state index contributed by atoms with van der Waals surface area (Å²) in [6.07, 6.45) is 0. The van der Waals surface area contributed by atoms with Gasteiger partial charge in [-0.15, -0.1) is 10.2 Å². The molecule has 0 saturated heterocycles. The van der Waals surface area contributed by atoms with Crippen LogP contribution in [0.3, 0.4) is 0 Å². The number of nitro benzene ring substituents is 1. The van der Waals surface area contributed by atoms with Gasteiger partial charge in [0.15, 0.2) is 0 Å². The fourth-order valence-electron chi connectivity index (χ4n) is 3.62. The van der Waals surface area contributed by atoms with E-state index in [0.717, 1.165) is 48.5 Å². The first-order valence-electron chi connectivity index (χ1n) is 11.1. The van der Waals surface area contributed by atoms with Crippen molar-refractivity contribution in [1.82, 2.24) is 0 Å². The minimum Gasteiger partial charge on any atom is -0.870 e. The number of nitrogen functional groups attached to an aromatic ring is 1. The van der Waals surface area contributed by atoms with Crippen LogP contribution in [0.25, 0.3) is 10.8 Å². The molecule has 0 aromatic heterocycles. The van der Waals surface area contributed by atoms with Gasteiger partial charge in [-0.3, -0.25) is 14.7 Å². The molecule has 4 aromatic rings. The molecule has 4 rings (SSSR count). The third-order valence-electron chi connectivity index (χ3n) is 5.56. The normalized spacial score (nSPS) is 12.0. The fourth-order valence-corrected chi connectivity index (χ4v) is 5.40. The summed E-state index contributed by atoms with van der Waals surface area (Å²) in [6.45, 7) is 0. The van der Waals surface area contributed by atoms with Crippen LogP contribution in [0, 0.1) is 10.1 Å². The number of nitrogens with zero attached hydrogens (tertiary/aromatic N) is 5. The second-order valence-electron chi connectivity index (χ2n) is 8.34. The molecule has 0 aliphatic rings. The average Bonchev–Trinajstić information content (AvgIpc) is 2.90. The fraction of sp³-hybridized carbons (Fsp3) is 0. The molecule has 0 radical (unpaired) electrons. The maximum Gasteiger partial charge on any atom is 1.00 e. The Labute approximate surface area is 326 Å². The van der Waals surface area contributed by atoms with Crippen LogP contribution in [0.4, 0.5) is 34.1 Å². The molecule has 4 aromatic carbocycles. The molecular weight excluding hydrogens is 705 g/mol. The monoisotopic (exact) mass is 718 g/mol. The number of hydrogen-bond acceptors (Lipinski definition) is 16. The summed E-state index contributed by atoms with van der Waals surface area (Å²) in [5.41, 5.74) is 2.91. The maximum absolute atomic E-state index is 13.4. The number of azo groups is 2. The second kappa shape index (κ2) is 16.0.